The summed E-state index contributed by atoms with van der Waals surface area (Å²) >= 11 is 0. The highest BCUT2D eigenvalue weighted by Crippen LogP contribution is 2.30. The molecule has 106 valence electrons. The van der Waals surface area contributed by atoms with Crippen LogP contribution in [0, 0.1) is 13.8 Å². The Morgan fingerprint density at radius 3 is 2.89 bits per heavy atom. The van der Waals surface area contributed by atoms with Crippen LogP contribution in [0.15, 0.2) is 6.20 Å². The first kappa shape index (κ1) is 14.3. The molecule has 0 bridgehead atoms. The number of nitrogens with zero attached hydrogens (tertiary/aromatic N) is 1. The highest BCUT2D eigenvalue weighted by Gasteiger charge is 2.30. The van der Waals surface area contributed by atoms with Crippen LogP contribution in [0.1, 0.15) is 36.1 Å². The van der Waals surface area contributed by atoms with Gasteiger partial charge in [0, 0.05) is 42.7 Å². The Bertz CT molecular complexity index is 437. The number of rotatable bonds is 3. The lowest BCUT2D eigenvalue weighted by Gasteiger charge is -2.26. The Kier molecular flexibility index (Phi) is 4.42. The number of aliphatic hydroxyl groups is 1. The van der Waals surface area contributed by atoms with Crippen molar-refractivity contribution in [3.8, 4) is 5.75 Å². The molecule has 1 aromatic heterocycles. The summed E-state index contributed by atoms with van der Waals surface area (Å²) in [5.74, 6) is 0.874. The van der Waals surface area contributed by atoms with E-state index in [-0.39, 0.29) is 0 Å². The zero-order valence-electron chi connectivity index (χ0n) is 12.0. The summed E-state index contributed by atoms with van der Waals surface area (Å²) < 4.78 is 10.8. The molecule has 1 saturated heterocycles. The summed E-state index contributed by atoms with van der Waals surface area (Å²) in [4.78, 5) is 4.48. The molecule has 0 spiro atoms. The fraction of sp³-hybridized carbons (Fsp3) is 0.667. The number of aryl methyl sites for hydroxylation is 1. The van der Waals surface area contributed by atoms with E-state index in [2.05, 4.69) is 4.98 Å². The topological polar surface area (TPSA) is 51.6 Å². The molecular formula is C15H23NO3. The summed E-state index contributed by atoms with van der Waals surface area (Å²) in [7, 11) is 1.67. The van der Waals surface area contributed by atoms with Crippen LogP contribution in [0.5, 0.6) is 5.75 Å². The van der Waals surface area contributed by atoms with Gasteiger partial charge in [-0.1, -0.05) is 0 Å². The van der Waals surface area contributed by atoms with Crippen molar-refractivity contribution in [2.24, 2.45) is 0 Å². The van der Waals surface area contributed by atoms with Gasteiger partial charge in [0.1, 0.15) is 5.75 Å². The predicted octanol–water partition coefficient (Wildman–Crippen LogP) is 2.18. The minimum Gasteiger partial charge on any atom is -0.496 e. The molecule has 1 N–H and O–H groups in total. The monoisotopic (exact) mass is 265 g/mol. The minimum atomic E-state index is -0.700. The van der Waals surface area contributed by atoms with E-state index in [4.69, 9.17) is 9.47 Å². The van der Waals surface area contributed by atoms with Gasteiger partial charge in [0.05, 0.1) is 12.7 Å². The van der Waals surface area contributed by atoms with Gasteiger partial charge in [-0.05, 0) is 33.1 Å². The van der Waals surface area contributed by atoms with Gasteiger partial charge >= 0.3 is 0 Å². The van der Waals surface area contributed by atoms with Crippen molar-refractivity contribution in [1.29, 1.82) is 0 Å². The first-order valence-electron chi connectivity index (χ1n) is 6.85. The van der Waals surface area contributed by atoms with Crippen LogP contribution in [-0.4, -0.2) is 36.0 Å². The minimum absolute atomic E-state index is 0.568. The molecule has 1 atom stereocenters. The zero-order valence-corrected chi connectivity index (χ0v) is 12.0. The van der Waals surface area contributed by atoms with Crippen LogP contribution in [0.25, 0.3) is 0 Å². The molecule has 0 radical (unpaired) electrons. The first-order chi connectivity index (χ1) is 9.06. The molecule has 4 nitrogen and oxygen atoms in total. The number of pyridine rings is 1. The summed E-state index contributed by atoms with van der Waals surface area (Å²) in [6.07, 6.45) is 4.73. The highest BCUT2D eigenvalue weighted by atomic mass is 16.5. The van der Waals surface area contributed by atoms with E-state index in [0.29, 0.717) is 19.4 Å². The number of hydrogen-bond acceptors (Lipinski definition) is 4. The van der Waals surface area contributed by atoms with Crippen molar-refractivity contribution < 1.29 is 14.6 Å². The third kappa shape index (κ3) is 3.25. The van der Waals surface area contributed by atoms with Gasteiger partial charge in [-0.25, -0.2) is 0 Å². The molecule has 0 aromatic carbocycles. The van der Waals surface area contributed by atoms with Crippen molar-refractivity contribution in [3.05, 3.63) is 23.0 Å². The summed E-state index contributed by atoms with van der Waals surface area (Å²) in [6, 6.07) is 0. The molecule has 19 heavy (non-hydrogen) atoms. The van der Waals surface area contributed by atoms with Crippen LogP contribution in [0.2, 0.25) is 0 Å². The zero-order chi connectivity index (χ0) is 13.9. The van der Waals surface area contributed by atoms with E-state index in [0.717, 1.165) is 42.0 Å². The molecule has 2 heterocycles. The molecular weight excluding hydrogens is 242 g/mol. The van der Waals surface area contributed by atoms with Crippen molar-refractivity contribution >= 4 is 0 Å². The van der Waals surface area contributed by atoms with Gasteiger partial charge < -0.3 is 14.6 Å². The molecule has 0 aliphatic carbocycles. The molecule has 1 fully saturated rings. The van der Waals surface area contributed by atoms with Crippen LogP contribution in [0.4, 0.5) is 0 Å². The van der Waals surface area contributed by atoms with Crippen LogP contribution < -0.4 is 4.74 Å². The Hall–Kier alpha value is -1.13. The van der Waals surface area contributed by atoms with Crippen LogP contribution >= 0.6 is 0 Å². The third-order valence-electron chi connectivity index (χ3n) is 3.89. The fourth-order valence-corrected chi connectivity index (χ4v) is 2.73. The van der Waals surface area contributed by atoms with E-state index in [1.54, 1.807) is 7.11 Å². The standard InChI is InChI=1S/C15H23NO3/c1-11-10-16-13(12(2)14(11)18-3)9-15(17)5-4-7-19-8-6-15/h10,17H,4-9H2,1-3H3. The van der Waals surface area contributed by atoms with E-state index >= 15 is 0 Å². The molecule has 0 saturated carbocycles. The normalized spacial score (nSPS) is 24.0. The second-order valence-corrected chi connectivity index (χ2v) is 5.41. The lowest BCUT2D eigenvalue weighted by molar-refractivity contribution is 0.0178. The summed E-state index contributed by atoms with van der Waals surface area (Å²) in [6.45, 7) is 5.35. The van der Waals surface area contributed by atoms with Gasteiger partial charge in [-0.2, -0.15) is 0 Å². The first-order valence-corrected chi connectivity index (χ1v) is 6.85. The molecule has 4 heteroatoms. The maximum Gasteiger partial charge on any atom is 0.128 e. The largest absolute Gasteiger partial charge is 0.496 e. The number of aromatic nitrogens is 1. The van der Waals surface area contributed by atoms with Gasteiger partial charge in [0.15, 0.2) is 0 Å². The second kappa shape index (κ2) is 5.88. The van der Waals surface area contributed by atoms with Crippen molar-refractivity contribution in [1.82, 2.24) is 4.98 Å². The maximum atomic E-state index is 10.7. The molecule has 1 aliphatic rings. The van der Waals surface area contributed by atoms with Crippen molar-refractivity contribution in [3.63, 3.8) is 0 Å². The SMILES string of the molecule is COc1c(C)cnc(CC2(O)CCCOCC2)c1C. The summed E-state index contributed by atoms with van der Waals surface area (Å²) in [5, 5.41) is 10.7. The third-order valence-corrected chi connectivity index (χ3v) is 3.89. The Morgan fingerprint density at radius 1 is 1.37 bits per heavy atom. The average molecular weight is 265 g/mol. The van der Waals surface area contributed by atoms with Crippen molar-refractivity contribution in [2.45, 2.75) is 45.1 Å². The molecule has 2 rings (SSSR count). The van der Waals surface area contributed by atoms with Gasteiger partial charge in [0.25, 0.3) is 0 Å². The predicted molar refractivity (Wildman–Crippen MR) is 73.6 cm³/mol. The van der Waals surface area contributed by atoms with E-state index in [1.807, 2.05) is 20.0 Å². The smallest absolute Gasteiger partial charge is 0.128 e. The number of ether oxygens (including phenoxy) is 2. The Balaban J connectivity index is 2.22. The Morgan fingerprint density at radius 2 is 2.16 bits per heavy atom. The molecule has 1 unspecified atom stereocenters. The number of hydrogen-bond donors (Lipinski definition) is 1. The van der Waals surface area contributed by atoms with Gasteiger partial charge in [-0.15, -0.1) is 0 Å². The van der Waals surface area contributed by atoms with E-state index < -0.39 is 5.60 Å². The van der Waals surface area contributed by atoms with Gasteiger partial charge in [-0.3, -0.25) is 4.98 Å². The van der Waals surface area contributed by atoms with Crippen LogP contribution in [-0.2, 0) is 11.2 Å². The highest BCUT2D eigenvalue weighted by molar-refractivity contribution is 5.41. The summed E-state index contributed by atoms with van der Waals surface area (Å²) in [5.41, 5.74) is 2.28. The molecule has 0 amide bonds. The maximum absolute atomic E-state index is 10.7. The number of methoxy groups -OCH3 is 1. The lowest BCUT2D eigenvalue weighted by atomic mass is 9.88. The van der Waals surface area contributed by atoms with E-state index in [1.165, 1.54) is 0 Å². The molecule has 1 aliphatic heterocycles. The second-order valence-electron chi connectivity index (χ2n) is 5.41. The molecule has 1 aromatic rings. The van der Waals surface area contributed by atoms with Gasteiger partial charge in [0.2, 0.25) is 0 Å². The fourth-order valence-electron chi connectivity index (χ4n) is 2.73. The average Bonchev–Trinajstić information content (AvgIpc) is 2.59. The Labute approximate surface area is 114 Å². The van der Waals surface area contributed by atoms with E-state index in [9.17, 15) is 5.11 Å². The lowest BCUT2D eigenvalue weighted by Crippen LogP contribution is -2.32. The quantitative estimate of drug-likeness (QED) is 0.910. The van der Waals surface area contributed by atoms with Crippen molar-refractivity contribution in [2.75, 3.05) is 20.3 Å². The van der Waals surface area contributed by atoms with Crippen LogP contribution in [0.3, 0.4) is 0 Å².